The van der Waals surface area contributed by atoms with Crippen LogP contribution in [0.15, 0.2) is 12.2 Å². The van der Waals surface area contributed by atoms with Crippen molar-refractivity contribution in [2.45, 2.75) is 59.0 Å². The number of hydrogen-bond acceptors (Lipinski definition) is 6. The van der Waals surface area contributed by atoms with E-state index in [0.717, 1.165) is 19.3 Å². The number of terminal acetylenes is 1. The number of allylic oxidation sites excluding steroid dienone is 1. The normalized spacial score (nSPS) is 20.1. The molecule has 1 unspecified atom stereocenters. The van der Waals surface area contributed by atoms with Gasteiger partial charge in [-0.2, -0.15) is 0 Å². The predicted octanol–water partition coefficient (Wildman–Crippen LogP) is 2.36. The first kappa shape index (κ1) is 28.2. The van der Waals surface area contributed by atoms with E-state index in [9.17, 15) is 19.2 Å². The van der Waals surface area contributed by atoms with Gasteiger partial charge >= 0.3 is 12.1 Å². The molecule has 9 heteroatoms. The Labute approximate surface area is 208 Å². The number of nitrogens with one attached hydrogen (secondary N) is 1. The van der Waals surface area contributed by atoms with Gasteiger partial charge in [-0.3, -0.25) is 14.4 Å². The molecule has 0 spiro atoms. The van der Waals surface area contributed by atoms with E-state index in [1.54, 1.807) is 22.8 Å². The molecule has 3 amide bonds. The molecular weight excluding hydrogens is 450 g/mol. The van der Waals surface area contributed by atoms with Gasteiger partial charge in [0.15, 0.2) is 0 Å². The van der Waals surface area contributed by atoms with E-state index in [1.807, 2.05) is 26.8 Å². The number of carbonyl (C=O) groups is 4. The molecule has 35 heavy (non-hydrogen) atoms. The molecule has 2 rings (SSSR count). The van der Waals surface area contributed by atoms with Crippen LogP contribution in [0.2, 0.25) is 0 Å². The topological polar surface area (TPSA) is 105 Å². The highest BCUT2D eigenvalue weighted by Gasteiger charge is 2.29. The van der Waals surface area contributed by atoms with E-state index in [1.165, 1.54) is 0 Å². The Morgan fingerprint density at radius 2 is 1.80 bits per heavy atom. The summed E-state index contributed by atoms with van der Waals surface area (Å²) in [6.45, 7) is 9.57. The second-order valence-corrected chi connectivity index (χ2v) is 10.0. The number of nitrogens with zero attached hydrogens (tertiary/aromatic N) is 2. The minimum Gasteiger partial charge on any atom is -0.465 e. The molecule has 2 aliphatic rings. The zero-order valence-electron chi connectivity index (χ0n) is 21.4. The van der Waals surface area contributed by atoms with Crippen molar-refractivity contribution in [3.05, 3.63) is 12.2 Å². The molecule has 2 fully saturated rings. The highest BCUT2D eigenvalue weighted by molar-refractivity contribution is 5.88. The van der Waals surface area contributed by atoms with Gasteiger partial charge in [0.05, 0.1) is 12.5 Å². The molecule has 0 aromatic heterocycles. The van der Waals surface area contributed by atoms with Crippen LogP contribution in [0.4, 0.5) is 4.79 Å². The van der Waals surface area contributed by atoms with Crippen LogP contribution in [-0.2, 0) is 23.9 Å². The molecule has 2 heterocycles. The van der Waals surface area contributed by atoms with Gasteiger partial charge < -0.3 is 24.6 Å². The number of carbonyl (C=O) groups excluding carboxylic acids is 4. The van der Waals surface area contributed by atoms with E-state index in [4.69, 9.17) is 15.9 Å². The number of esters is 1. The van der Waals surface area contributed by atoms with Crippen molar-refractivity contribution in [3.8, 4) is 12.3 Å². The molecule has 0 aliphatic carbocycles. The summed E-state index contributed by atoms with van der Waals surface area (Å²) in [6, 6.07) is 0. The SMILES string of the molecule is C#CC(CNC(=O)[C@@H]1CCCN(C(=O)/C=C/C2CCN(C(=O)OC(C)(C)C)CC2)C1)C(=O)OCC. The summed E-state index contributed by atoms with van der Waals surface area (Å²) in [5, 5.41) is 2.73. The fourth-order valence-electron chi connectivity index (χ4n) is 4.12. The molecule has 1 N–H and O–H groups in total. The van der Waals surface area contributed by atoms with Crippen LogP contribution in [0.1, 0.15) is 53.4 Å². The van der Waals surface area contributed by atoms with E-state index < -0.39 is 17.5 Å². The molecule has 0 bridgehead atoms. The van der Waals surface area contributed by atoms with Crippen LogP contribution >= 0.6 is 0 Å². The Morgan fingerprint density at radius 1 is 1.11 bits per heavy atom. The zero-order valence-corrected chi connectivity index (χ0v) is 21.4. The molecule has 0 radical (unpaired) electrons. The molecule has 2 aliphatic heterocycles. The summed E-state index contributed by atoms with van der Waals surface area (Å²) in [5.74, 6) is 0.516. The minimum atomic E-state index is -0.829. The van der Waals surface area contributed by atoms with E-state index >= 15 is 0 Å². The Morgan fingerprint density at radius 3 is 2.40 bits per heavy atom. The summed E-state index contributed by atoms with van der Waals surface area (Å²) < 4.78 is 10.3. The highest BCUT2D eigenvalue weighted by Crippen LogP contribution is 2.22. The van der Waals surface area contributed by atoms with Gasteiger partial charge in [-0.15, -0.1) is 6.42 Å². The largest absolute Gasteiger partial charge is 0.465 e. The summed E-state index contributed by atoms with van der Waals surface area (Å²) >= 11 is 0. The van der Waals surface area contributed by atoms with Crippen molar-refractivity contribution in [1.29, 1.82) is 0 Å². The van der Waals surface area contributed by atoms with Gasteiger partial charge in [0.2, 0.25) is 11.8 Å². The predicted molar refractivity (Wildman–Crippen MR) is 131 cm³/mol. The lowest BCUT2D eigenvalue weighted by atomic mass is 9.95. The first-order chi connectivity index (χ1) is 16.5. The molecule has 0 aromatic carbocycles. The first-order valence-corrected chi connectivity index (χ1v) is 12.4. The van der Waals surface area contributed by atoms with Crippen molar-refractivity contribution in [2.24, 2.45) is 17.8 Å². The molecule has 0 aromatic rings. The van der Waals surface area contributed by atoms with Gasteiger partial charge in [0.1, 0.15) is 11.5 Å². The zero-order chi connectivity index (χ0) is 26.0. The molecular formula is C26H39N3O6. The lowest BCUT2D eigenvalue weighted by molar-refractivity contribution is -0.145. The van der Waals surface area contributed by atoms with E-state index in [-0.39, 0.29) is 42.9 Å². The van der Waals surface area contributed by atoms with Crippen molar-refractivity contribution in [2.75, 3.05) is 39.3 Å². The van der Waals surface area contributed by atoms with Gasteiger partial charge in [0.25, 0.3) is 0 Å². The summed E-state index contributed by atoms with van der Waals surface area (Å²) in [7, 11) is 0. The van der Waals surface area contributed by atoms with Crippen LogP contribution < -0.4 is 5.32 Å². The first-order valence-electron chi connectivity index (χ1n) is 12.4. The van der Waals surface area contributed by atoms with Crippen LogP contribution in [-0.4, -0.2) is 78.6 Å². The number of hydrogen-bond donors (Lipinski definition) is 1. The van der Waals surface area contributed by atoms with E-state index in [2.05, 4.69) is 11.2 Å². The average molecular weight is 490 g/mol. The minimum absolute atomic E-state index is 0.0144. The van der Waals surface area contributed by atoms with Gasteiger partial charge in [-0.25, -0.2) is 4.79 Å². The van der Waals surface area contributed by atoms with Gasteiger partial charge in [-0.05, 0) is 65.4 Å². The Hall–Kier alpha value is -3.02. The second kappa shape index (κ2) is 13.2. The number of piperidine rings is 2. The summed E-state index contributed by atoms with van der Waals surface area (Å²) in [4.78, 5) is 52.8. The lowest BCUT2D eigenvalue weighted by Gasteiger charge is -2.33. The quantitative estimate of drug-likeness (QED) is 0.334. The maximum Gasteiger partial charge on any atom is 0.410 e. The third-order valence-electron chi connectivity index (χ3n) is 6.06. The van der Waals surface area contributed by atoms with Crippen molar-refractivity contribution < 1.29 is 28.7 Å². The molecule has 194 valence electrons. The summed E-state index contributed by atoms with van der Waals surface area (Å²) in [6.07, 6.45) is 11.5. The van der Waals surface area contributed by atoms with Crippen LogP contribution in [0.3, 0.4) is 0 Å². The van der Waals surface area contributed by atoms with Crippen LogP contribution in [0, 0.1) is 30.1 Å². The standard InChI is InChI=1S/C26H39N3O6/c1-6-20(24(32)34-7-2)17-27-23(31)21-9-8-14-29(18-21)22(30)11-10-19-12-15-28(16-13-19)25(33)35-26(3,4)5/h1,10-11,19-21H,7-9,12-18H2,2-5H3,(H,27,31)/b11-10+/t20?,21-/m1/s1. The average Bonchev–Trinajstić information content (AvgIpc) is 2.82. The highest BCUT2D eigenvalue weighted by atomic mass is 16.6. The number of amides is 3. The Kier molecular flexibility index (Phi) is 10.6. The summed E-state index contributed by atoms with van der Waals surface area (Å²) in [5.41, 5.74) is -0.520. The van der Waals surface area contributed by atoms with Crippen molar-refractivity contribution in [1.82, 2.24) is 15.1 Å². The second-order valence-electron chi connectivity index (χ2n) is 10.0. The third kappa shape index (κ3) is 9.27. The number of ether oxygens (including phenoxy) is 2. The third-order valence-corrected chi connectivity index (χ3v) is 6.06. The molecule has 2 saturated heterocycles. The van der Waals surface area contributed by atoms with Crippen molar-refractivity contribution >= 4 is 23.9 Å². The Balaban J connectivity index is 1.79. The maximum atomic E-state index is 12.7. The maximum absolute atomic E-state index is 12.7. The smallest absolute Gasteiger partial charge is 0.410 e. The lowest BCUT2D eigenvalue weighted by Crippen LogP contribution is -2.46. The number of rotatable bonds is 7. The number of likely N-dealkylation sites (tertiary alicyclic amines) is 2. The van der Waals surface area contributed by atoms with E-state index in [0.29, 0.717) is 32.6 Å². The monoisotopic (exact) mass is 489 g/mol. The molecule has 9 nitrogen and oxygen atoms in total. The van der Waals surface area contributed by atoms with Crippen molar-refractivity contribution in [3.63, 3.8) is 0 Å². The van der Waals surface area contributed by atoms with Gasteiger partial charge in [0, 0.05) is 32.7 Å². The fraction of sp³-hybridized carbons (Fsp3) is 0.692. The molecule has 0 saturated carbocycles. The van der Waals surface area contributed by atoms with Crippen LogP contribution in [0.25, 0.3) is 0 Å². The molecule has 2 atom stereocenters. The fourth-order valence-corrected chi connectivity index (χ4v) is 4.12. The Bertz CT molecular complexity index is 833. The van der Waals surface area contributed by atoms with Crippen LogP contribution in [0.5, 0.6) is 0 Å². The van der Waals surface area contributed by atoms with Gasteiger partial charge in [-0.1, -0.05) is 12.0 Å².